The molecule has 0 amide bonds. The van der Waals surface area contributed by atoms with Crippen LogP contribution in [0.15, 0.2) is 29.9 Å². The minimum atomic E-state index is 0.843. The van der Waals surface area contributed by atoms with E-state index in [1.165, 1.54) is 30.9 Å². The van der Waals surface area contributed by atoms with E-state index >= 15 is 0 Å². The van der Waals surface area contributed by atoms with Crippen LogP contribution in [0.25, 0.3) is 11.3 Å². The highest BCUT2D eigenvalue weighted by Crippen LogP contribution is 2.23. The minimum absolute atomic E-state index is 0.843. The monoisotopic (exact) mass is 259 g/mol. The molecule has 0 radical (unpaired) electrons. The van der Waals surface area contributed by atoms with Crippen LogP contribution in [0, 0.1) is 5.92 Å². The maximum absolute atomic E-state index is 4.70. The lowest BCUT2D eigenvalue weighted by Crippen LogP contribution is -2.09. The van der Waals surface area contributed by atoms with Gasteiger partial charge in [-0.1, -0.05) is 0 Å². The van der Waals surface area contributed by atoms with Crippen molar-refractivity contribution in [2.24, 2.45) is 5.92 Å². The molecule has 2 aromatic rings. The number of hydrogen-bond acceptors (Lipinski definition) is 4. The minimum Gasteiger partial charge on any atom is -0.316 e. The molecule has 3 rings (SSSR count). The van der Waals surface area contributed by atoms with Gasteiger partial charge in [0.05, 0.1) is 10.7 Å². The number of aryl methyl sites for hydroxylation is 1. The molecule has 1 aliphatic rings. The Bertz CT molecular complexity index is 489. The van der Waals surface area contributed by atoms with Crippen molar-refractivity contribution >= 4 is 11.3 Å². The number of rotatable bonds is 4. The Hall–Kier alpha value is -1.26. The summed E-state index contributed by atoms with van der Waals surface area (Å²) in [5.74, 6) is 0.843. The quantitative estimate of drug-likeness (QED) is 0.917. The second-order valence-corrected chi connectivity index (χ2v) is 5.71. The van der Waals surface area contributed by atoms with E-state index in [0.717, 1.165) is 23.6 Å². The van der Waals surface area contributed by atoms with E-state index in [4.69, 9.17) is 4.98 Å². The molecule has 1 unspecified atom stereocenters. The first kappa shape index (κ1) is 11.8. The lowest BCUT2D eigenvalue weighted by molar-refractivity contribution is 0.532. The molecule has 2 aromatic heterocycles. The summed E-state index contributed by atoms with van der Waals surface area (Å²) < 4.78 is 0. The number of nitrogens with one attached hydrogen (secondary N) is 1. The number of hydrogen-bond donors (Lipinski definition) is 1. The lowest BCUT2D eigenvalue weighted by Gasteiger charge is -2.05. The normalized spacial score (nSPS) is 19.2. The van der Waals surface area contributed by atoms with Crippen molar-refractivity contribution in [2.75, 3.05) is 13.1 Å². The van der Waals surface area contributed by atoms with Gasteiger partial charge in [0.1, 0.15) is 0 Å². The van der Waals surface area contributed by atoms with Crippen LogP contribution in [-0.2, 0) is 6.42 Å². The van der Waals surface area contributed by atoms with E-state index in [1.807, 2.05) is 12.3 Å². The summed E-state index contributed by atoms with van der Waals surface area (Å²) in [5.41, 5.74) is 2.18. The van der Waals surface area contributed by atoms with Gasteiger partial charge in [0, 0.05) is 23.3 Å². The Morgan fingerprint density at radius 2 is 2.44 bits per heavy atom. The Kier molecular flexibility index (Phi) is 3.67. The Morgan fingerprint density at radius 1 is 1.44 bits per heavy atom. The van der Waals surface area contributed by atoms with Crippen molar-refractivity contribution in [1.29, 1.82) is 0 Å². The summed E-state index contributed by atoms with van der Waals surface area (Å²) in [4.78, 5) is 8.84. The average Bonchev–Trinajstić information content (AvgIpc) is 3.09. The summed E-state index contributed by atoms with van der Waals surface area (Å²) >= 11 is 1.77. The molecular weight excluding hydrogens is 242 g/mol. The molecule has 0 spiro atoms. The van der Waals surface area contributed by atoms with Gasteiger partial charge >= 0.3 is 0 Å². The molecule has 1 atom stereocenters. The molecule has 1 saturated heterocycles. The zero-order valence-electron chi connectivity index (χ0n) is 10.3. The van der Waals surface area contributed by atoms with Crippen LogP contribution in [0.5, 0.6) is 0 Å². The van der Waals surface area contributed by atoms with Gasteiger partial charge in [0.25, 0.3) is 0 Å². The van der Waals surface area contributed by atoms with Gasteiger partial charge in [-0.2, -0.15) is 0 Å². The molecule has 3 nitrogen and oxygen atoms in total. The summed E-state index contributed by atoms with van der Waals surface area (Å²) in [6.07, 6.45) is 7.36. The SMILES string of the molecule is c1cncc(-c2csc(CCC3CCNC3)n2)c1. The summed E-state index contributed by atoms with van der Waals surface area (Å²) in [6, 6.07) is 4.02. The van der Waals surface area contributed by atoms with Crippen molar-refractivity contribution in [1.82, 2.24) is 15.3 Å². The zero-order valence-corrected chi connectivity index (χ0v) is 11.1. The highest BCUT2D eigenvalue weighted by molar-refractivity contribution is 7.09. The molecular formula is C14H17N3S. The molecule has 1 fully saturated rings. The summed E-state index contributed by atoms with van der Waals surface area (Å²) in [6.45, 7) is 2.37. The van der Waals surface area contributed by atoms with E-state index in [9.17, 15) is 0 Å². The smallest absolute Gasteiger partial charge is 0.0932 e. The number of aromatic nitrogens is 2. The molecule has 94 valence electrons. The second-order valence-electron chi connectivity index (χ2n) is 4.77. The second kappa shape index (κ2) is 5.59. The predicted molar refractivity (Wildman–Crippen MR) is 74.6 cm³/mol. The van der Waals surface area contributed by atoms with Gasteiger partial charge in [-0.3, -0.25) is 4.98 Å². The molecule has 3 heterocycles. The number of pyridine rings is 1. The van der Waals surface area contributed by atoms with Crippen molar-refractivity contribution in [2.45, 2.75) is 19.3 Å². The van der Waals surface area contributed by atoms with E-state index in [-0.39, 0.29) is 0 Å². The maximum Gasteiger partial charge on any atom is 0.0932 e. The molecule has 0 saturated carbocycles. The molecule has 0 aliphatic carbocycles. The van der Waals surface area contributed by atoms with E-state index in [1.54, 1.807) is 17.5 Å². The molecule has 1 N–H and O–H groups in total. The third kappa shape index (κ3) is 2.76. The van der Waals surface area contributed by atoms with Crippen molar-refractivity contribution in [3.63, 3.8) is 0 Å². The van der Waals surface area contributed by atoms with Crippen molar-refractivity contribution in [3.05, 3.63) is 34.9 Å². The van der Waals surface area contributed by atoms with Crippen LogP contribution >= 0.6 is 11.3 Å². The average molecular weight is 259 g/mol. The van der Waals surface area contributed by atoms with Crippen molar-refractivity contribution in [3.8, 4) is 11.3 Å². The molecule has 0 bridgehead atoms. The highest BCUT2D eigenvalue weighted by atomic mass is 32.1. The fraction of sp³-hybridized carbons (Fsp3) is 0.429. The third-order valence-electron chi connectivity index (χ3n) is 3.44. The Labute approximate surface area is 111 Å². The van der Waals surface area contributed by atoms with E-state index < -0.39 is 0 Å². The largest absolute Gasteiger partial charge is 0.316 e. The zero-order chi connectivity index (χ0) is 12.2. The van der Waals surface area contributed by atoms with Gasteiger partial charge in [-0.15, -0.1) is 11.3 Å². The summed E-state index contributed by atoms with van der Waals surface area (Å²) in [5, 5.41) is 6.80. The van der Waals surface area contributed by atoms with E-state index in [2.05, 4.69) is 21.7 Å². The first-order chi connectivity index (χ1) is 8.92. The number of thiazole rings is 1. The fourth-order valence-corrected chi connectivity index (χ4v) is 3.18. The van der Waals surface area contributed by atoms with E-state index in [0.29, 0.717) is 0 Å². The first-order valence-corrected chi connectivity index (χ1v) is 7.35. The van der Waals surface area contributed by atoms with Crippen LogP contribution in [0.2, 0.25) is 0 Å². The van der Waals surface area contributed by atoms with Gasteiger partial charge in [0.2, 0.25) is 0 Å². The Morgan fingerprint density at radius 3 is 3.22 bits per heavy atom. The van der Waals surface area contributed by atoms with Crippen LogP contribution in [0.1, 0.15) is 17.8 Å². The van der Waals surface area contributed by atoms with Gasteiger partial charge in [-0.05, 0) is 50.4 Å². The molecule has 4 heteroatoms. The molecule has 18 heavy (non-hydrogen) atoms. The predicted octanol–water partition coefficient (Wildman–Crippen LogP) is 2.75. The van der Waals surface area contributed by atoms with Crippen LogP contribution in [0.3, 0.4) is 0 Å². The van der Waals surface area contributed by atoms with Crippen molar-refractivity contribution < 1.29 is 0 Å². The topological polar surface area (TPSA) is 37.8 Å². The fourth-order valence-electron chi connectivity index (χ4n) is 2.36. The third-order valence-corrected chi connectivity index (χ3v) is 4.35. The highest BCUT2D eigenvalue weighted by Gasteiger charge is 2.15. The standard InChI is InChI=1S/C14H17N3S/c1-2-12(9-15-6-1)13-10-18-14(17-13)4-3-11-5-7-16-8-11/h1-2,6,9-11,16H,3-5,7-8H2. The number of nitrogens with zero attached hydrogens (tertiary/aromatic N) is 2. The maximum atomic E-state index is 4.70. The lowest BCUT2D eigenvalue weighted by atomic mass is 10.0. The Balaban J connectivity index is 1.63. The molecule has 1 aliphatic heterocycles. The molecule has 0 aromatic carbocycles. The van der Waals surface area contributed by atoms with Crippen LogP contribution in [0.4, 0.5) is 0 Å². The summed E-state index contributed by atoms with van der Waals surface area (Å²) in [7, 11) is 0. The van der Waals surface area contributed by atoms with Gasteiger partial charge in [-0.25, -0.2) is 4.98 Å². The van der Waals surface area contributed by atoms with Crippen LogP contribution < -0.4 is 5.32 Å². The van der Waals surface area contributed by atoms with Crippen LogP contribution in [-0.4, -0.2) is 23.1 Å². The van der Waals surface area contributed by atoms with Gasteiger partial charge < -0.3 is 5.32 Å². The van der Waals surface area contributed by atoms with Gasteiger partial charge in [0.15, 0.2) is 0 Å². The first-order valence-electron chi connectivity index (χ1n) is 6.47.